The second kappa shape index (κ2) is 8.19. The topological polar surface area (TPSA) is 54.3 Å². The van der Waals surface area contributed by atoms with E-state index in [9.17, 15) is 9.59 Å². The van der Waals surface area contributed by atoms with Gasteiger partial charge in [0.05, 0.1) is 5.69 Å². The molecule has 0 aliphatic carbocycles. The Balaban J connectivity index is 1.54. The first-order valence-electron chi connectivity index (χ1n) is 9.95. The quantitative estimate of drug-likeness (QED) is 0.324. The third-order valence-electron chi connectivity index (χ3n) is 5.38. The van der Waals surface area contributed by atoms with Crippen LogP contribution in [0.15, 0.2) is 84.6 Å². The molecule has 1 aliphatic heterocycles. The standard InChI is InChI=1S/C25H17Cl2N3O2/c26-18-11-10-16(22(27)13-18)14-29-15-17(20-8-4-5-9-23(20)29)12-21-24(31)28-30(25(21)32)19-6-2-1-3-7-19/h1-13,15H,14H2,(H,28,31)/b21-12+. The van der Waals surface area contributed by atoms with E-state index in [0.717, 1.165) is 22.0 Å². The number of carbonyl (C=O) groups excluding carboxylic acids is 2. The van der Waals surface area contributed by atoms with Gasteiger partial charge in [-0.3, -0.25) is 15.0 Å². The molecule has 1 aromatic heterocycles. The average Bonchev–Trinajstić information content (AvgIpc) is 3.29. The van der Waals surface area contributed by atoms with Crippen LogP contribution in [-0.2, 0) is 16.1 Å². The number of amides is 2. The van der Waals surface area contributed by atoms with Crippen LogP contribution in [-0.4, -0.2) is 16.4 Å². The molecule has 5 rings (SSSR count). The van der Waals surface area contributed by atoms with Gasteiger partial charge < -0.3 is 4.57 Å². The van der Waals surface area contributed by atoms with Crippen molar-refractivity contribution in [2.45, 2.75) is 6.54 Å². The zero-order valence-electron chi connectivity index (χ0n) is 16.8. The van der Waals surface area contributed by atoms with Crippen LogP contribution in [0.5, 0.6) is 0 Å². The Labute approximate surface area is 194 Å². The molecule has 0 bridgehead atoms. The number of anilines is 1. The van der Waals surface area contributed by atoms with Crippen molar-refractivity contribution in [3.8, 4) is 0 Å². The Morgan fingerprint density at radius 1 is 0.906 bits per heavy atom. The smallest absolute Gasteiger partial charge is 0.282 e. The number of benzene rings is 3. The number of halogens is 2. The maximum Gasteiger partial charge on any atom is 0.282 e. The van der Waals surface area contributed by atoms with Crippen LogP contribution in [0.4, 0.5) is 5.69 Å². The summed E-state index contributed by atoms with van der Waals surface area (Å²) in [7, 11) is 0. The van der Waals surface area contributed by atoms with Gasteiger partial charge >= 0.3 is 0 Å². The number of rotatable bonds is 4. The highest BCUT2D eigenvalue weighted by molar-refractivity contribution is 6.35. The lowest BCUT2D eigenvalue weighted by Gasteiger charge is -2.13. The molecule has 5 nitrogen and oxygen atoms in total. The molecule has 7 heteroatoms. The predicted molar refractivity (Wildman–Crippen MR) is 128 cm³/mol. The van der Waals surface area contributed by atoms with Crippen molar-refractivity contribution in [1.29, 1.82) is 0 Å². The zero-order valence-corrected chi connectivity index (χ0v) is 18.3. The number of nitrogens with one attached hydrogen (secondary N) is 1. The minimum Gasteiger partial charge on any atom is -0.342 e. The molecular weight excluding hydrogens is 445 g/mol. The van der Waals surface area contributed by atoms with E-state index in [-0.39, 0.29) is 5.57 Å². The summed E-state index contributed by atoms with van der Waals surface area (Å²) in [6, 6.07) is 22.3. The summed E-state index contributed by atoms with van der Waals surface area (Å²) in [6.45, 7) is 0.524. The van der Waals surface area contributed by atoms with Crippen LogP contribution in [0.3, 0.4) is 0 Å². The summed E-state index contributed by atoms with van der Waals surface area (Å²) in [5.41, 5.74) is 5.99. The number of nitrogens with zero attached hydrogens (tertiary/aromatic N) is 2. The first-order chi connectivity index (χ1) is 15.5. The number of hydrogen-bond donors (Lipinski definition) is 1. The van der Waals surface area contributed by atoms with Crippen LogP contribution < -0.4 is 10.4 Å². The molecule has 0 spiro atoms. The lowest BCUT2D eigenvalue weighted by Crippen LogP contribution is -2.35. The molecular formula is C25H17Cl2N3O2. The van der Waals surface area contributed by atoms with Crippen molar-refractivity contribution in [2.75, 3.05) is 5.01 Å². The van der Waals surface area contributed by atoms with Crippen molar-refractivity contribution >= 4 is 57.7 Å². The summed E-state index contributed by atoms with van der Waals surface area (Å²) < 4.78 is 2.04. The van der Waals surface area contributed by atoms with Gasteiger partial charge in [-0.05, 0) is 42.0 Å². The van der Waals surface area contributed by atoms with E-state index in [1.807, 2.05) is 59.3 Å². The molecule has 32 heavy (non-hydrogen) atoms. The Hall–Kier alpha value is -3.54. The second-order valence-electron chi connectivity index (χ2n) is 7.44. The number of fused-ring (bicyclic) bond motifs is 1. The molecule has 0 radical (unpaired) electrons. The molecule has 1 N–H and O–H groups in total. The van der Waals surface area contributed by atoms with Crippen LogP contribution in [0, 0.1) is 0 Å². The van der Waals surface area contributed by atoms with Gasteiger partial charge in [0, 0.05) is 39.3 Å². The highest BCUT2D eigenvalue weighted by Gasteiger charge is 2.34. The molecule has 2 amide bonds. The molecule has 0 saturated carbocycles. The van der Waals surface area contributed by atoms with Gasteiger partial charge in [-0.1, -0.05) is 65.7 Å². The fourth-order valence-electron chi connectivity index (χ4n) is 3.83. The van der Waals surface area contributed by atoms with Gasteiger partial charge in [0.15, 0.2) is 0 Å². The molecule has 2 heterocycles. The molecule has 3 aromatic carbocycles. The van der Waals surface area contributed by atoms with E-state index in [2.05, 4.69) is 5.43 Å². The zero-order chi connectivity index (χ0) is 22.2. The monoisotopic (exact) mass is 461 g/mol. The number of para-hydroxylation sites is 2. The van der Waals surface area contributed by atoms with Crippen LogP contribution in [0.2, 0.25) is 10.0 Å². The average molecular weight is 462 g/mol. The number of hydrazine groups is 1. The van der Waals surface area contributed by atoms with Gasteiger partial charge in [0.1, 0.15) is 5.57 Å². The Morgan fingerprint density at radius 2 is 1.66 bits per heavy atom. The SMILES string of the molecule is O=C1NN(c2ccccc2)C(=O)/C1=C/c1cn(Cc2ccc(Cl)cc2Cl)c2ccccc12. The maximum atomic E-state index is 13.0. The van der Waals surface area contributed by atoms with Crippen LogP contribution >= 0.6 is 23.2 Å². The summed E-state index contributed by atoms with van der Waals surface area (Å²) in [4.78, 5) is 25.6. The summed E-state index contributed by atoms with van der Waals surface area (Å²) in [5, 5.41) is 3.36. The number of aromatic nitrogens is 1. The molecule has 1 aliphatic rings. The Bertz CT molecular complexity index is 1390. The number of hydrogen-bond acceptors (Lipinski definition) is 2. The van der Waals surface area contributed by atoms with Gasteiger partial charge in [-0.15, -0.1) is 0 Å². The highest BCUT2D eigenvalue weighted by atomic mass is 35.5. The summed E-state index contributed by atoms with van der Waals surface area (Å²) >= 11 is 12.4. The van der Waals surface area contributed by atoms with Gasteiger partial charge in [-0.25, -0.2) is 5.01 Å². The third kappa shape index (κ3) is 3.66. The Kier molecular flexibility index (Phi) is 5.21. The van der Waals surface area contributed by atoms with Gasteiger partial charge in [0.2, 0.25) is 0 Å². The normalized spacial score (nSPS) is 15.1. The second-order valence-corrected chi connectivity index (χ2v) is 8.28. The van der Waals surface area contributed by atoms with Crippen molar-refractivity contribution in [1.82, 2.24) is 9.99 Å². The molecule has 0 atom stereocenters. The summed E-state index contributed by atoms with van der Waals surface area (Å²) in [5.74, 6) is -0.824. The van der Waals surface area contributed by atoms with E-state index in [1.54, 1.807) is 30.3 Å². The Morgan fingerprint density at radius 3 is 2.44 bits per heavy atom. The molecule has 0 unspecified atom stereocenters. The van der Waals surface area contributed by atoms with Crippen molar-refractivity contribution < 1.29 is 9.59 Å². The largest absolute Gasteiger partial charge is 0.342 e. The first kappa shape index (κ1) is 20.4. The molecule has 158 valence electrons. The lowest BCUT2D eigenvalue weighted by molar-refractivity contribution is -0.117. The minimum atomic E-state index is -0.434. The fraction of sp³-hybridized carbons (Fsp3) is 0.0400. The van der Waals surface area contributed by atoms with Crippen LogP contribution in [0.1, 0.15) is 11.1 Å². The van der Waals surface area contributed by atoms with Crippen molar-refractivity contribution in [2.24, 2.45) is 0 Å². The van der Waals surface area contributed by atoms with E-state index in [0.29, 0.717) is 22.3 Å². The summed E-state index contributed by atoms with van der Waals surface area (Å²) in [6.07, 6.45) is 3.57. The molecule has 1 saturated heterocycles. The van der Waals surface area contributed by atoms with E-state index >= 15 is 0 Å². The van der Waals surface area contributed by atoms with Gasteiger partial charge in [-0.2, -0.15) is 0 Å². The third-order valence-corrected chi connectivity index (χ3v) is 5.97. The lowest BCUT2D eigenvalue weighted by atomic mass is 10.1. The molecule has 4 aromatic rings. The van der Waals surface area contributed by atoms with E-state index < -0.39 is 11.8 Å². The van der Waals surface area contributed by atoms with E-state index in [1.165, 1.54) is 5.01 Å². The number of carbonyl (C=O) groups is 2. The molecule has 1 fully saturated rings. The first-order valence-corrected chi connectivity index (χ1v) is 10.7. The van der Waals surface area contributed by atoms with Gasteiger partial charge in [0.25, 0.3) is 11.8 Å². The van der Waals surface area contributed by atoms with Crippen molar-refractivity contribution in [3.63, 3.8) is 0 Å². The fourth-order valence-corrected chi connectivity index (χ4v) is 4.29. The predicted octanol–water partition coefficient (Wildman–Crippen LogP) is 5.46. The highest BCUT2D eigenvalue weighted by Crippen LogP contribution is 2.29. The maximum absolute atomic E-state index is 13.0. The van der Waals surface area contributed by atoms with Crippen molar-refractivity contribution in [3.05, 3.63) is 106 Å². The van der Waals surface area contributed by atoms with E-state index in [4.69, 9.17) is 23.2 Å². The minimum absolute atomic E-state index is 0.0845. The van der Waals surface area contributed by atoms with Crippen LogP contribution in [0.25, 0.3) is 17.0 Å².